The highest BCUT2D eigenvalue weighted by Gasteiger charge is 2.12. The molecule has 0 saturated carbocycles. The van der Waals surface area contributed by atoms with E-state index in [1.165, 1.54) is 17.7 Å². The summed E-state index contributed by atoms with van der Waals surface area (Å²) in [6.45, 7) is 2.07. The zero-order chi connectivity index (χ0) is 21.1. The van der Waals surface area contributed by atoms with Gasteiger partial charge in [-0.3, -0.25) is 4.55 Å². The summed E-state index contributed by atoms with van der Waals surface area (Å²) in [4.78, 5) is 15.3. The molecule has 0 aliphatic heterocycles. The molecule has 0 amide bonds. The van der Waals surface area contributed by atoms with Gasteiger partial charge in [0.05, 0.1) is 27.0 Å². The van der Waals surface area contributed by atoms with E-state index in [4.69, 9.17) is 4.55 Å². The Bertz CT molecular complexity index is 1290. The molecule has 4 rings (SSSR count). The number of nitrogens with zero attached hydrogens (tertiary/aromatic N) is 2. The number of imidazole rings is 2. The smallest absolute Gasteiger partial charge is 0.294 e. The third-order valence-corrected chi connectivity index (χ3v) is 9.46. The van der Waals surface area contributed by atoms with Crippen molar-refractivity contribution in [2.75, 3.05) is 15.3 Å². The maximum atomic E-state index is 11.2. The topological polar surface area (TPSA) is 112 Å². The molecule has 30 heavy (non-hydrogen) atoms. The minimum Gasteiger partial charge on any atom is -0.333 e. The van der Waals surface area contributed by atoms with E-state index in [1.807, 2.05) is 17.8 Å². The first-order valence-electron chi connectivity index (χ1n) is 8.73. The van der Waals surface area contributed by atoms with Crippen molar-refractivity contribution in [2.24, 2.45) is 0 Å². The fourth-order valence-corrected chi connectivity index (χ4v) is 7.68. The fraction of sp³-hybridized carbons (Fsp3) is 0.222. The van der Waals surface area contributed by atoms with Crippen LogP contribution in [0.5, 0.6) is 0 Å². The average Bonchev–Trinajstić information content (AvgIpc) is 3.28. The van der Waals surface area contributed by atoms with Gasteiger partial charge >= 0.3 is 0 Å². The number of hydrogen-bond acceptors (Lipinski definition) is 8. The lowest BCUT2D eigenvalue weighted by Gasteiger charge is -1.99. The number of aryl methyl sites for hydroxylation is 1. The molecule has 0 atom stereocenters. The van der Waals surface area contributed by atoms with Crippen LogP contribution in [0, 0.1) is 6.92 Å². The molecular weight excluding hydrogens is 481 g/mol. The number of aromatic amines is 2. The van der Waals surface area contributed by atoms with Gasteiger partial charge in [-0.15, -0.1) is 23.5 Å². The van der Waals surface area contributed by atoms with Gasteiger partial charge in [0.15, 0.2) is 10.3 Å². The Kier molecular flexibility index (Phi) is 6.90. The van der Waals surface area contributed by atoms with Crippen LogP contribution in [0.4, 0.5) is 0 Å². The van der Waals surface area contributed by atoms with E-state index >= 15 is 0 Å². The molecule has 12 heteroatoms. The minimum atomic E-state index is -4.21. The predicted octanol–water partition coefficient (Wildman–Crippen LogP) is 5.22. The molecule has 0 aliphatic rings. The minimum absolute atomic E-state index is 0.141. The number of H-pyrrole nitrogens is 2. The van der Waals surface area contributed by atoms with Crippen LogP contribution in [0.2, 0.25) is 0 Å². The number of benzene rings is 2. The summed E-state index contributed by atoms with van der Waals surface area (Å²) >= 11 is 6.89. The maximum absolute atomic E-state index is 11.2. The molecule has 0 fully saturated rings. The highest BCUT2D eigenvalue weighted by Crippen LogP contribution is 2.28. The Morgan fingerprint density at radius 1 is 0.867 bits per heavy atom. The number of aromatic nitrogens is 4. The summed E-state index contributed by atoms with van der Waals surface area (Å²) in [5, 5.41) is 4.36. The van der Waals surface area contributed by atoms with Gasteiger partial charge in [0.25, 0.3) is 10.1 Å². The van der Waals surface area contributed by atoms with Crippen molar-refractivity contribution in [3.05, 3.63) is 42.0 Å². The van der Waals surface area contributed by atoms with Gasteiger partial charge in [0.1, 0.15) is 0 Å². The first kappa shape index (κ1) is 21.9. The van der Waals surface area contributed by atoms with E-state index in [2.05, 4.69) is 39.0 Å². The van der Waals surface area contributed by atoms with Crippen molar-refractivity contribution in [1.29, 1.82) is 0 Å². The Morgan fingerprint density at radius 3 is 2.03 bits per heavy atom. The van der Waals surface area contributed by atoms with Gasteiger partial charge in [-0.2, -0.15) is 8.42 Å². The summed E-state index contributed by atoms with van der Waals surface area (Å²) in [7, 11) is -4.21. The zero-order valence-corrected chi connectivity index (χ0v) is 19.9. The molecule has 0 aliphatic carbocycles. The maximum Gasteiger partial charge on any atom is 0.294 e. The van der Waals surface area contributed by atoms with Crippen molar-refractivity contribution in [1.82, 2.24) is 19.9 Å². The highest BCUT2D eigenvalue weighted by molar-refractivity contribution is 8.26. The van der Waals surface area contributed by atoms with Crippen LogP contribution >= 0.6 is 47.0 Å². The van der Waals surface area contributed by atoms with Crippen molar-refractivity contribution in [3.8, 4) is 0 Å². The quantitative estimate of drug-likeness (QED) is 0.124. The van der Waals surface area contributed by atoms with Crippen molar-refractivity contribution in [3.63, 3.8) is 0 Å². The third kappa shape index (κ3) is 5.48. The summed E-state index contributed by atoms with van der Waals surface area (Å²) in [5.74, 6) is 0. The van der Waals surface area contributed by atoms with Crippen LogP contribution in [0.1, 0.15) is 5.56 Å². The standard InChI is InChI=1S/C18H18N4O3S5/c1-11-2-4-13-15(6-11)21-17(19-13)28-9-26-8-27-10-29-18-20-14-5-3-12(30(23,24)25)7-16(14)22-18/h2-7H,8-10H2,1H3,(H,19,21)(H,20,22)(H,23,24,25). The van der Waals surface area contributed by atoms with Crippen LogP contribution in [0.15, 0.2) is 51.6 Å². The number of nitrogens with one attached hydrogen (secondary N) is 2. The summed E-state index contributed by atoms with van der Waals surface area (Å²) in [6, 6.07) is 10.5. The van der Waals surface area contributed by atoms with Crippen LogP contribution < -0.4 is 0 Å². The molecule has 2 heterocycles. The fourth-order valence-electron chi connectivity index (χ4n) is 2.68. The number of hydrogen-bond donors (Lipinski definition) is 3. The number of fused-ring (bicyclic) bond motifs is 2. The normalized spacial score (nSPS) is 12.2. The molecule has 3 N–H and O–H groups in total. The monoisotopic (exact) mass is 498 g/mol. The van der Waals surface area contributed by atoms with Gasteiger partial charge in [-0.25, -0.2) is 9.97 Å². The second-order valence-corrected chi connectivity index (χ2v) is 12.7. The molecule has 2 aromatic carbocycles. The third-order valence-electron chi connectivity index (χ3n) is 4.07. The SMILES string of the molecule is Cc1ccc2nc(SCSCSCSc3nc4ccc(S(=O)(=O)O)cc4[nH]3)[nH]c2c1. The average molecular weight is 499 g/mol. The lowest BCUT2D eigenvalue weighted by molar-refractivity contribution is 0.483. The van der Waals surface area contributed by atoms with E-state index in [0.29, 0.717) is 11.0 Å². The molecule has 4 aromatic rings. The van der Waals surface area contributed by atoms with Crippen LogP contribution in [0.25, 0.3) is 22.1 Å². The lowest BCUT2D eigenvalue weighted by Crippen LogP contribution is -1.97. The first-order chi connectivity index (χ1) is 14.4. The van der Waals surface area contributed by atoms with Gasteiger partial charge in [-0.05, 0) is 42.8 Å². The zero-order valence-electron chi connectivity index (χ0n) is 15.8. The van der Waals surface area contributed by atoms with Gasteiger partial charge < -0.3 is 9.97 Å². The molecule has 0 bridgehead atoms. The van der Waals surface area contributed by atoms with Gasteiger partial charge in [0.2, 0.25) is 0 Å². The molecular formula is C18H18N4O3S5. The van der Waals surface area contributed by atoms with Crippen LogP contribution in [-0.2, 0) is 10.1 Å². The van der Waals surface area contributed by atoms with Crippen molar-refractivity contribution < 1.29 is 13.0 Å². The van der Waals surface area contributed by atoms with E-state index in [1.54, 1.807) is 41.4 Å². The molecule has 0 saturated heterocycles. The van der Waals surface area contributed by atoms with Crippen molar-refractivity contribution >= 4 is 79.2 Å². The van der Waals surface area contributed by atoms with Crippen LogP contribution in [-0.4, -0.2) is 48.2 Å². The second kappa shape index (κ2) is 9.45. The molecule has 7 nitrogen and oxygen atoms in total. The Morgan fingerprint density at radius 2 is 1.43 bits per heavy atom. The van der Waals surface area contributed by atoms with E-state index in [9.17, 15) is 8.42 Å². The van der Waals surface area contributed by atoms with Gasteiger partial charge in [0, 0.05) is 15.3 Å². The largest absolute Gasteiger partial charge is 0.333 e. The number of rotatable bonds is 9. The van der Waals surface area contributed by atoms with Gasteiger partial charge in [-0.1, -0.05) is 29.6 Å². The summed E-state index contributed by atoms with van der Waals surface area (Å²) in [5.41, 5.74) is 4.54. The summed E-state index contributed by atoms with van der Waals surface area (Å²) in [6.07, 6.45) is 0. The molecule has 2 aromatic heterocycles. The first-order valence-corrected chi connectivity index (χ1v) is 14.5. The van der Waals surface area contributed by atoms with E-state index in [-0.39, 0.29) is 4.90 Å². The highest BCUT2D eigenvalue weighted by atomic mass is 32.2. The molecule has 158 valence electrons. The predicted molar refractivity (Wildman–Crippen MR) is 128 cm³/mol. The lowest BCUT2D eigenvalue weighted by atomic mass is 10.2. The Labute approximate surface area is 190 Å². The van der Waals surface area contributed by atoms with E-state index in [0.717, 1.165) is 36.6 Å². The van der Waals surface area contributed by atoms with E-state index < -0.39 is 10.1 Å². The Balaban J connectivity index is 1.19. The Hall–Kier alpha value is -1.31. The number of thioether (sulfide) groups is 4. The van der Waals surface area contributed by atoms with Crippen molar-refractivity contribution in [2.45, 2.75) is 22.1 Å². The van der Waals surface area contributed by atoms with Crippen LogP contribution in [0.3, 0.4) is 0 Å². The molecule has 0 radical (unpaired) electrons. The second-order valence-electron chi connectivity index (χ2n) is 6.31. The summed E-state index contributed by atoms with van der Waals surface area (Å²) < 4.78 is 31.6. The molecule has 0 spiro atoms. The molecule has 0 unspecified atom stereocenters.